The minimum atomic E-state index is -5.37. The number of aromatic amines is 3. The lowest BCUT2D eigenvalue weighted by atomic mass is 10.0. The number of hydrogen-bond donors (Lipinski definition) is 3. The van der Waals surface area contributed by atoms with E-state index in [2.05, 4.69) is 46.2 Å². The van der Waals surface area contributed by atoms with E-state index in [1.165, 1.54) is 125 Å². The number of methoxy groups -OCH3 is 15. The number of hydrogen-bond acceptors (Lipinski definition) is 25. The Morgan fingerprint density at radius 2 is 0.372 bits per heavy atom. The van der Waals surface area contributed by atoms with Gasteiger partial charge in [0.2, 0.25) is 34.5 Å². The second-order valence-electron chi connectivity index (χ2n) is 17.7. The lowest BCUT2D eigenvalue weighted by molar-refractivity contribution is 0.271. The molecule has 6 aromatic carbocycles. The summed E-state index contributed by atoms with van der Waals surface area (Å²) in [6.45, 7) is 0. The zero-order valence-electron chi connectivity index (χ0n) is 49.3. The summed E-state index contributed by atoms with van der Waals surface area (Å²) >= 11 is 0. The van der Waals surface area contributed by atoms with Crippen molar-refractivity contribution < 1.29 is 89.2 Å². The van der Waals surface area contributed by atoms with Gasteiger partial charge in [-0.25, -0.2) is 0 Å². The summed E-state index contributed by atoms with van der Waals surface area (Å²) < 4.78 is 123. The summed E-state index contributed by atoms with van der Waals surface area (Å²) in [5.41, 5.74) is 4.14. The lowest BCUT2D eigenvalue weighted by Gasteiger charge is -2.24. The number of H-pyrrole nitrogens is 3. The van der Waals surface area contributed by atoms with E-state index in [0.29, 0.717) is 102 Å². The molecule has 28 nitrogen and oxygen atoms in total. The molecule has 9 aromatic rings. The van der Waals surface area contributed by atoms with Gasteiger partial charge in [0.15, 0.2) is 69.0 Å². The van der Waals surface area contributed by atoms with Crippen molar-refractivity contribution in [3.63, 3.8) is 0 Å². The second-order valence-corrected chi connectivity index (χ2v) is 19.1. The molecular weight excluding hydrogens is 1150 g/mol. The van der Waals surface area contributed by atoms with Gasteiger partial charge in [-0.2, -0.15) is 50.8 Å². The van der Waals surface area contributed by atoms with E-state index in [0.717, 1.165) is 0 Å². The van der Waals surface area contributed by atoms with Crippen molar-refractivity contribution in [2.24, 2.45) is 0 Å². The van der Waals surface area contributed by atoms with Crippen LogP contribution in [0.25, 0.3) is 67.5 Å². The van der Waals surface area contributed by atoms with Crippen LogP contribution in [0.5, 0.6) is 103 Å². The van der Waals surface area contributed by atoms with Gasteiger partial charge in [0.05, 0.1) is 107 Å². The van der Waals surface area contributed by atoms with Gasteiger partial charge >= 0.3 is 7.82 Å². The quantitative estimate of drug-likeness (QED) is 0.0403. The predicted molar refractivity (Wildman–Crippen MR) is 310 cm³/mol. The fraction of sp³-hybridized carbons (Fsp3) is 0.263. The maximum Gasteiger partial charge on any atom is 0.647 e. The Kier molecular flexibility index (Phi) is 18.1. The molecule has 3 aromatic heterocycles. The molecule has 452 valence electrons. The summed E-state index contributed by atoms with van der Waals surface area (Å²) in [6.07, 6.45) is 0. The van der Waals surface area contributed by atoms with Gasteiger partial charge in [-0.15, -0.1) is 0 Å². The van der Waals surface area contributed by atoms with Gasteiger partial charge < -0.3 is 84.6 Å². The summed E-state index contributed by atoms with van der Waals surface area (Å²) in [7, 11) is 16.3. The fourth-order valence-electron chi connectivity index (χ4n) is 9.37. The van der Waals surface area contributed by atoms with E-state index in [1.807, 2.05) is 0 Å². The van der Waals surface area contributed by atoms with Crippen LogP contribution >= 0.6 is 7.82 Å². The highest BCUT2D eigenvalue weighted by Gasteiger charge is 2.40. The average Bonchev–Trinajstić information content (AvgIpc) is 2.77. The summed E-state index contributed by atoms with van der Waals surface area (Å²) in [6, 6.07) is 19.4. The molecule has 0 amide bonds. The number of rotatable bonds is 27. The topological polar surface area (TPSA) is 308 Å². The molecule has 0 atom stereocenters. The highest BCUT2D eigenvalue weighted by molar-refractivity contribution is 7.49. The van der Waals surface area contributed by atoms with E-state index in [4.69, 9.17) is 84.6 Å². The molecule has 3 heterocycles. The number of aromatic nitrogens is 9. The predicted octanol–water partition coefficient (Wildman–Crippen LogP) is 9.82. The van der Waals surface area contributed by atoms with Gasteiger partial charge in [-0.05, 0) is 72.8 Å². The Labute approximate surface area is 492 Å². The third-order valence-corrected chi connectivity index (χ3v) is 14.5. The lowest BCUT2D eigenvalue weighted by Crippen LogP contribution is -2.11. The van der Waals surface area contributed by atoms with Crippen LogP contribution in [0.1, 0.15) is 0 Å². The fourth-order valence-corrected chi connectivity index (χ4v) is 10.6. The monoisotopic (exact) mass is 1210 g/mol. The molecule has 0 aliphatic heterocycles. The third-order valence-electron chi connectivity index (χ3n) is 13.2. The first-order chi connectivity index (χ1) is 41.8. The molecule has 86 heavy (non-hydrogen) atoms. The maximum atomic E-state index is 16.6. The van der Waals surface area contributed by atoms with Crippen LogP contribution in [-0.2, 0) is 4.57 Å². The molecular formula is C57H60N9O19P. The van der Waals surface area contributed by atoms with E-state index < -0.39 is 7.82 Å². The van der Waals surface area contributed by atoms with Crippen LogP contribution in [0.15, 0.2) is 72.8 Å². The van der Waals surface area contributed by atoms with Crippen LogP contribution in [0.4, 0.5) is 0 Å². The standard InChI is InChI=1S/C57H60N9O19P/c1-68-34-16-28(17-35(69-2)52(34)77-10)46-49(61-64-58-46)31-22-40(74-7)55(80-13)43(25-31)83-86(67,84-44-26-32(23-41(75-8)56(44)81-14)50-47(59-65-62-50)29-18-36(70-3)53(78-11)37(19-29)71-4)85-45-27-33(24-42(76-9)57(45)82-15)51-48(60-66-63-51)30-20-38(72-5)54(79-12)39(21-30)73-6/h16-27H,1-15H3,(H,58,61,64)(H,59,62,65)(H,60,63,66). The average molecular weight is 1210 g/mol. The van der Waals surface area contributed by atoms with E-state index in [-0.39, 0.29) is 68.8 Å². The van der Waals surface area contributed by atoms with Gasteiger partial charge in [0.1, 0.15) is 34.2 Å². The number of phosphoric ester groups is 1. The van der Waals surface area contributed by atoms with Crippen LogP contribution in [0, 0.1) is 0 Å². The summed E-state index contributed by atoms with van der Waals surface area (Å²) in [5.74, 6) is 2.42. The Morgan fingerprint density at radius 1 is 0.233 bits per heavy atom. The molecule has 3 N–H and O–H groups in total. The second kappa shape index (κ2) is 25.9. The van der Waals surface area contributed by atoms with Crippen molar-refractivity contribution in [1.82, 2.24) is 46.2 Å². The molecule has 0 aliphatic carbocycles. The summed E-state index contributed by atoms with van der Waals surface area (Å²) in [4.78, 5) is 0. The van der Waals surface area contributed by atoms with Crippen LogP contribution in [0.2, 0.25) is 0 Å². The molecule has 29 heteroatoms. The highest BCUT2D eigenvalue weighted by Crippen LogP contribution is 2.60. The largest absolute Gasteiger partial charge is 0.647 e. The molecule has 0 saturated heterocycles. The first-order valence-corrected chi connectivity index (χ1v) is 26.9. The number of nitrogens with zero attached hydrogens (tertiary/aromatic N) is 6. The van der Waals surface area contributed by atoms with Crippen LogP contribution < -0.4 is 84.6 Å². The van der Waals surface area contributed by atoms with Crippen molar-refractivity contribution in [1.29, 1.82) is 0 Å². The Bertz CT molecular complexity index is 3490. The number of nitrogens with one attached hydrogen (secondary N) is 3. The normalized spacial score (nSPS) is 11.0. The maximum absolute atomic E-state index is 16.6. The van der Waals surface area contributed by atoms with Crippen molar-refractivity contribution in [2.45, 2.75) is 0 Å². The first kappa shape index (κ1) is 60.0. The first-order valence-electron chi connectivity index (χ1n) is 25.4. The van der Waals surface area contributed by atoms with Crippen molar-refractivity contribution in [2.75, 3.05) is 107 Å². The van der Waals surface area contributed by atoms with Crippen molar-refractivity contribution in [3.8, 4) is 171 Å². The van der Waals surface area contributed by atoms with Gasteiger partial charge in [-0.3, -0.25) is 0 Å². The molecule has 0 aliphatic rings. The van der Waals surface area contributed by atoms with Gasteiger partial charge in [0.25, 0.3) is 0 Å². The smallest absolute Gasteiger partial charge is 0.493 e. The molecule has 0 unspecified atom stereocenters. The molecule has 0 spiro atoms. The van der Waals surface area contributed by atoms with Crippen molar-refractivity contribution >= 4 is 7.82 Å². The Hall–Kier alpha value is -10.6. The minimum absolute atomic E-state index is 0.0618. The van der Waals surface area contributed by atoms with E-state index in [1.54, 1.807) is 54.6 Å². The Balaban J connectivity index is 1.25. The Morgan fingerprint density at radius 3 is 0.512 bits per heavy atom. The molecule has 0 fully saturated rings. The molecule has 0 radical (unpaired) electrons. The van der Waals surface area contributed by atoms with Crippen LogP contribution in [-0.4, -0.2) is 153 Å². The van der Waals surface area contributed by atoms with Crippen molar-refractivity contribution in [3.05, 3.63) is 72.8 Å². The van der Waals surface area contributed by atoms with Gasteiger partial charge in [-0.1, -0.05) is 0 Å². The number of ether oxygens (including phenoxy) is 15. The zero-order valence-corrected chi connectivity index (χ0v) is 50.2. The number of benzene rings is 6. The van der Waals surface area contributed by atoms with E-state index >= 15 is 4.57 Å². The van der Waals surface area contributed by atoms with Gasteiger partial charge in [0, 0.05) is 33.4 Å². The zero-order chi connectivity index (χ0) is 61.4. The van der Waals surface area contributed by atoms with E-state index in [9.17, 15) is 0 Å². The third kappa shape index (κ3) is 11.3. The molecule has 9 rings (SSSR count). The molecule has 0 saturated carbocycles. The summed E-state index contributed by atoms with van der Waals surface area (Å²) in [5, 5.41) is 35.2. The number of phosphoric acid groups is 1. The van der Waals surface area contributed by atoms with Crippen LogP contribution in [0.3, 0.4) is 0 Å². The highest BCUT2D eigenvalue weighted by atomic mass is 31.2. The SMILES string of the molecule is COc1cc(-c2n[nH]nc2-c2cc(OC)c(OC)c(OP(=O)(Oc3cc(-c4n[nH]nc4-c4cc(OC)c(OC)c(OC)c4)cc(OC)c3OC)Oc3cc(-c4n[nH]nc4-c4cc(OC)c(OC)c(OC)c4)cc(OC)c3OC)c2)cc(OC)c1OC. The minimum Gasteiger partial charge on any atom is -0.493 e. The molecule has 0 bridgehead atoms.